The van der Waals surface area contributed by atoms with Gasteiger partial charge in [-0.2, -0.15) is 0 Å². The average Bonchev–Trinajstić information content (AvgIpc) is 2.63. The van der Waals surface area contributed by atoms with Gasteiger partial charge in [-0.25, -0.2) is 4.79 Å². The number of rotatable bonds is 6. The second kappa shape index (κ2) is 7.09. The molecule has 6 heteroatoms. The molecule has 0 saturated carbocycles. The number of carbonyl (C=O) groups is 3. The van der Waals surface area contributed by atoms with Crippen molar-refractivity contribution in [2.75, 3.05) is 13.2 Å². The van der Waals surface area contributed by atoms with E-state index in [1.165, 1.54) is 6.92 Å². The SMILES string of the molecule is C=C(C)C(=O)OCC(O)CCN1C(=O)c2cccc3cccc(c23)C1=O. The fourth-order valence-electron chi connectivity index (χ4n) is 2.94. The van der Waals surface area contributed by atoms with Crippen LogP contribution in [0.3, 0.4) is 0 Å². The van der Waals surface area contributed by atoms with Gasteiger partial charge in [0.25, 0.3) is 11.8 Å². The van der Waals surface area contributed by atoms with Crippen LogP contribution in [-0.2, 0) is 9.53 Å². The highest BCUT2D eigenvalue weighted by Gasteiger charge is 2.32. The zero-order valence-corrected chi connectivity index (χ0v) is 14.4. The number of nitrogens with zero attached hydrogens (tertiary/aromatic N) is 1. The van der Waals surface area contributed by atoms with Gasteiger partial charge in [0.15, 0.2) is 0 Å². The van der Waals surface area contributed by atoms with E-state index in [1.54, 1.807) is 24.3 Å². The number of esters is 1. The summed E-state index contributed by atoms with van der Waals surface area (Å²) in [5, 5.41) is 11.5. The maximum atomic E-state index is 12.7. The van der Waals surface area contributed by atoms with Gasteiger partial charge in [-0.3, -0.25) is 14.5 Å². The highest BCUT2D eigenvalue weighted by atomic mass is 16.5. The maximum Gasteiger partial charge on any atom is 0.333 e. The lowest BCUT2D eigenvalue weighted by Gasteiger charge is -2.27. The number of aliphatic hydroxyl groups is 1. The molecule has 0 fully saturated rings. The van der Waals surface area contributed by atoms with Gasteiger partial charge in [-0.05, 0) is 30.9 Å². The smallest absolute Gasteiger partial charge is 0.333 e. The summed E-state index contributed by atoms with van der Waals surface area (Å²) >= 11 is 0. The maximum absolute atomic E-state index is 12.7. The summed E-state index contributed by atoms with van der Waals surface area (Å²) in [6.45, 7) is 4.79. The number of hydrogen-bond acceptors (Lipinski definition) is 5. The van der Waals surface area contributed by atoms with Crippen molar-refractivity contribution < 1.29 is 24.2 Å². The number of hydrogen-bond donors (Lipinski definition) is 1. The Bertz CT molecular complexity index is 867. The van der Waals surface area contributed by atoms with Crippen molar-refractivity contribution >= 4 is 28.6 Å². The molecule has 0 saturated heterocycles. The van der Waals surface area contributed by atoms with Crippen LogP contribution >= 0.6 is 0 Å². The fourth-order valence-corrected chi connectivity index (χ4v) is 2.94. The van der Waals surface area contributed by atoms with E-state index in [0.717, 1.165) is 10.3 Å². The minimum Gasteiger partial charge on any atom is -0.460 e. The van der Waals surface area contributed by atoms with Gasteiger partial charge < -0.3 is 9.84 Å². The number of benzene rings is 2. The lowest BCUT2D eigenvalue weighted by Crippen LogP contribution is -2.42. The lowest BCUT2D eigenvalue weighted by atomic mass is 9.94. The van der Waals surface area contributed by atoms with Gasteiger partial charge in [0.1, 0.15) is 6.61 Å². The van der Waals surface area contributed by atoms with Crippen LogP contribution in [0.5, 0.6) is 0 Å². The van der Waals surface area contributed by atoms with Crippen molar-refractivity contribution in [3.63, 3.8) is 0 Å². The molecular weight excluding hydrogens is 334 g/mol. The van der Waals surface area contributed by atoms with Crippen LogP contribution in [-0.4, -0.2) is 47.0 Å². The second-order valence-electron chi connectivity index (χ2n) is 6.29. The molecule has 2 aromatic carbocycles. The van der Waals surface area contributed by atoms with Crippen molar-refractivity contribution in [3.8, 4) is 0 Å². The Labute approximate surface area is 150 Å². The van der Waals surface area contributed by atoms with E-state index < -0.39 is 12.1 Å². The van der Waals surface area contributed by atoms with E-state index in [1.807, 2.05) is 12.1 Å². The van der Waals surface area contributed by atoms with Crippen molar-refractivity contribution in [2.24, 2.45) is 0 Å². The molecule has 0 bridgehead atoms. The van der Waals surface area contributed by atoms with E-state index in [2.05, 4.69) is 6.58 Å². The standard InChI is InChI=1S/C20H19NO5/c1-12(2)20(25)26-11-14(22)9-10-21-18(23)15-7-3-5-13-6-4-8-16(17(13)15)19(21)24/h3-8,14,22H,1,9-11H2,2H3. The molecule has 134 valence electrons. The number of aliphatic hydroxyl groups excluding tert-OH is 1. The zero-order valence-electron chi connectivity index (χ0n) is 14.4. The highest BCUT2D eigenvalue weighted by molar-refractivity contribution is 6.25. The Balaban J connectivity index is 1.72. The molecular formula is C20H19NO5. The van der Waals surface area contributed by atoms with Gasteiger partial charge in [-0.15, -0.1) is 0 Å². The van der Waals surface area contributed by atoms with E-state index in [0.29, 0.717) is 16.5 Å². The van der Waals surface area contributed by atoms with E-state index in [9.17, 15) is 19.5 Å². The van der Waals surface area contributed by atoms with Crippen LogP contribution in [0.25, 0.3) is 10.8 Å². The fraction of sp³-hybridized carbons (Fsp3) is 0.250. The average molecular weight is 353 g/mol. The van der Waals surface area contributed by atoms with E-state index in [4.69, 9.17) is 4.74 Å². The summed E-state index contributed by atoms with van der Waals surface area (Å²) < 4.78 is 4.88. The van der Waals surface area contributed by atoms with Gasteiger partial charge in [0, 0.05) is 28.6 Å². The monoisotopic (exact) mass is 353 g/mol. The van der Waals surface area contributed by atoms with Crippen LogP contribution < -0.4 is 0 Å². The summed E-state index contributed by atoms with van der Waals surface area (Å²) in [4.78, 5) is 37.9. The summed E-state index contributed by atoms with van der Waals surface area (Å²) in [5.41, 5.74) is 1.19. The predicted octanol–water partition coefficient (Wildman–Crippen LogP) is 2.31. The largest absolute Gasteiger partial charge is 0.460 e. The van der Waals surface area contributed by atoms with Gasteiger partial charge in [0.2, 0.25) is 0 Å². The van der Waals surface area contributed by atoms with Crippen LogP contribution in [0.1, 0.15) is 34.1 Å². The Hall–Kier alpha value is -2.99. The quantitative estimate of drug-likeness (QED) is 0.489. The van der Waals surface area contributed by atoms with E-state index >= 15 is 0 Å². The first-order chi connectivity index (χ1) is 12.4. The number of ether oxygens (including phenoxy) is 1. The molecule has 1 aliphatic rings. The summed E-state index contributed by atoms with van der Waals surface area (Å²) in [6, 6.07) is 10.7. The number of imide groups is 1. The van der Waals surface area contributed by atoms with Crippen molar-refractivity contribution in [3.05, 3.63) is 59.7 Å². The second-order valence-corrected chi connectivity index (χ2v) is 6.29. The van der Waals surface area contributed by atoms with Gasteiger partial charge >= 0.3 is 5.97 Å². The molecule has 1 atom stereocenters. The topological polar surface area (TPSA) is 83.9 Å². The predicted molar refractivity (Wildman–Crippen MR) is 95.7 cm³/mol. The number of amides is 2. The van der Waals surface area contributed by atoms with E-state index in [-0.39, 0.29) is 37.0 Å². The van der Waals surface area contributed by atoms with Crippen LogP contribution in [0.4, 0.5) is 0 Å². The molecule has 0 aliphatic carbocycles. The van der Waals surface area contributed by atoms with Crippen molar-refractivity contribution in [1.82, 2.24) is 4.90 Å². The van der Waals surface area contributed by atoms with Gasteiger partial charge in [-0.1, -0.05) is 30.8 Å². The minimum absolute atomic E-state index is 0.0359. The Morgan fingerprint density at radius 2 is 1.73 bits per heavy atom. The minimum atomic E-state index is -0.980. The van der Waals surface area contributed by atoms with Crippen molar-refractivity contribution in [1.29, 1.82) is 0 Å². The summed E-state index contributed by atoms with van der Waals surface area (Å²) in [5.74, 6) is -1.36. The highest BCUT2D eigenvalue weighted by Crippen LogP contribution is 2.30. The third kappa shape index (κ3) is 3.23. The molecule has 1 heterocycles. The van der Waals surface area contributed by atoms with Crippen LogP contribution in [0, 0.1) is 0 Å². The van der Waals surface area contributed by atoms with Crippen molar-refractivity contribution in [2.45, 2.75) is 19.4 Å². The zero-order chi connectivity index (χ0) is 18.8. The molecule has 0 aromatic heterocycles. The molecule has 1 aliphatic heterocycles. The Morgan fingerprint density at radius 3 is 2.27 bits per heavy atom. The third-order valence-corrected chi connectivity index (χ3v) is 4.30. The molecule has 2 aromatic rings. The summed E-state index contributed by atoms with van der Waals surface area (Å²) in [6.07, 6.45) is -0.870. The molecule has 0 radical (unpaired) electrons. The number of carbonyl (C=O) groups excluding carboxylic acids is 3. The summed E-state index contributed by atoms with van der Waals surface area (Å²) in [7, 11) is 0. The molecule has 26 heavy (non-hydrogen) atoms. The Morgan fingerprint density at radius 1 is 1.15 bits per heavy atom. The Kier molecular flexibility index (Phi) is 4.86. The first kappa shape index (κ1) is 17.8. The molecule has 1 N–H and O–H groups in total. The molecule has 2 amide bonds. The molecule has 1 unspecified atom stereocenters. The van der Waals surface area contributed by atoms with Crippen LogP contribution in [0.2, 0.25) is 0 Å². The molecule has 0 spiro atoms. The first-order valence-electron chi connectivity index (χ1n) is 8.28. The first-order valence-corrected chi connectivity index (χ1v) is 8.28. The molecule has 3 rings (SSSR count). The van der Waals surface area contributed by atoms with Crippen LogP contribution in [0.15, 0.2) is 48.6 Å². The molecule has 6 nitrogen and oxygen atoms in total. The lowest BCUT2D eigenvalue weighted by molar-refractivity contribution is -0.142. The van der Waals surface area contributed by atoms with Gasteiger partial charge in [0.05, 0.1) is 6.10 Å². The normalized spacial score (nSPS) is 14.5. The third-order valence-electron chi connectivity index (χ3n) is 4.30.